The number of hydrogen-bond acceptors (Lipinski definition) is 2. The average Bonchev–Trinajstić information content (AvgIpc) is 3.04. The third kappa shape index (κ3) is 1.89. The molecule has 0 saturated heterocycles. The second kappa shape index (κ2) is 4.01. The summed E-state index contributed by atoms with van der Waals surface area (Å²) < 4.78 is 2.91. The van der Waals surface area contributed by atoms with Crippen molar-refractivity contribution in [1.29, 1.82) is 0 Å². The molecule has 0 bridgehead atoms. The lowest BCUT2D eigenvalue weighted by Crippen LogP contribution is -1.99. The summed E-state index contributed by atoms with van der Waals surface area (Å²) >= 11 is 5.32. The molecule has 3 nitrogen and oxygen atoms in total. The van der Waals surface area contributed by atoms with Crippen LogP contribution in [0.4, 0.5) is 0 Å². The van der Waals surface area contributed by atoms with Gasteiger partial charge in [-0.2, -0.15) is 0 Å². The van der Waals surface area contributed by atoms with Crippen molar-refractivity contribution in [3.63, 3.8) is 0 Å². The van der Waals surface area contributed by atoms with E-state index in [0.29, 0.717) is 0 Å². The smallest absolute Gasteiger partial charge is 0.179 e. The number of nitrogens with one attached hydrogen (secondary N) is 1. The van der Waals surface area contributed by atoms with Gasteiger partial charge in [-0.1, -0.05) is 12.8 Å². The fraction of sp³-hybridized carbons (Fsp3) is 0.500. The van der Waals surface area contributed by atoms with Crippen LogP contribution in [-0.4, -0.2) is 14.5 Å². The molecule has 3 rings (SSSR count). The Morgan fingerprint density at radius 2 is 2.38 bits per heavy atom. The first-order valence-electron chi connectivity index (χ1n) is 5.88. The standard InChI is InChI=1S/C12H15N3S/c16-12-14-10-4-1-7-13-11(10)15(12)8-2-3-9-5-6-9/h1,4,7,9H,2-3,5-6,8H2,(H,14,16). The van der Waals surface area contributed by atoms with Gasteiger partial charge in [-0.25, -0.2) is 4.98 Å². The molecule has 1 saturated carbocycles. The maximum absolute atomic E-state index is 5.32. The summed E-state index contributed by atoms with van der Waals surface area (Å²) in [7, 11) is 0. The van der Waals surface area contributed by atoms with Crippen molar-refractivity contribution >= 4 is 23.4 Å². The second-order valence-electron chi connectivity index (χ2n) is 4.54. The van der Waals surface area contributed by atoms with Crippen LogP contribution in [0.2, 0.25) is 0 Å². The number of nitrogens with zero attached hydrogens (tertiary/aromatic N) is 2. The first-order valence-corrected chi connectivity index (χ1v) is 6.29. The average molecular weight is 233 g/mol. The molecule has 84 valence electrons. The van der Waals surface area contributed by atoms with Crippen LogP contribution < -0.4 is 0 Å². The van der Waals surface area contributed by atoms with Crippen molar-refractivity contribution in [2.24, 2.45) is 5.92 Å². The minimum absolute atomic E-state index is 0.796. The first kappa shape index (κ1) is 10.0. The van der Waals surface area contributed by atoms with Crippen LogP contribution in [0.15, 0.2) is 18.3 Å². The van der Waals surface area contributed by atoms with E-state index in [4.69, 9.17) is 12.2 Å². The van der Waals surface area contributed by atoms with E-state index in [-0.39, 0.29) is 0 Å². The Bertz CT molecular complexity index is 551. The molecule has 2 heterocycles. The van der Waals surface area contributed by atoms with E-state index in [9.17, 15) is 0 Å². The fourth-order valence-corrected chi connectivity index (χ4v) is 2.43. The van der Waals surface area contributed by atoms with Crippen molar-refractivity contribution in [1.82, 2.24) is 14.5 Å². The highest BCUT2D eigenvalue weighted by atomic mass is 32.1. The maximum Gasteiger partial charge on any atom is 0.179 e. The van der Waals surface area contributed by atoms with Gasteiger partial charge in [-0.3, -0.25) is 0 Å². The molecule has 1 aliphatic rings. The number of H-pyrrole nitrogens is 1. The Morgan fingerprint density at radius 3 is 3.19 bits per heavy atom. The van der Waals surface area contributed by atoms with E-state index in [0.717, 1.165) is 28.4 Å². The Kier molecular flexibility index (Phi) is 2.52. The van der Waals surface area contributed by atoms with Crippen LogP contribution in [0.5, 0.6) is 0 Å². The number of aromatic nitrogens is 3. The lowest BCUT2D eigenvalue weighted by atomic mass is 10.2. The molecular weight excluding hydrogens is 218 g/mol. The van der Waals surface area contributed by atoms with Crippen molar-refractivity contribution in [3.05, 3.63) is 23.1 Å². The quantitative estimate of drug-likeness (QED) is 0.822. The van der Waals surface area contributed by atoms with Gasteiger partial charge < -0.3 is 9.55 Å². The number of imidazole rings is 1. The van der Waals surface area contributed by atoms with E-state index >= 15 is 0 Å². The molecule has 0 spiro atoms. The van der Waals surface area contributed by atoms with Crippen LogP contribution in [0, 0.1) is 10.7 Å². The van der Waals surface area contributed by atoms with Crippen LogP contribution in [0.1, 0.15) is 25.7 Å². The number of rotatable bonds is 4. The summed E-state index contributed by atoms with van der Waals surface area (Å²) in [6.45, 7) is 0.992. The van der Waals surface area contributed by atoms with Gasteiger partial charge in [0.25, 0.3) is 0 Å². The summed E-state index contributed by atoms with van der Waals surface area (Å²) in [5, 5.41) is 0. The van der Waals surface area contributed by atoms with E-state index < -0.39 is 0 Å². The van der Waals surface area contributed by atoms with Crippen molar-refractivity contribution < 1.29 is 0 Å². The Balaban J connectivity index is 1.83. The zero-order valence-electron chi connectivity index (χ0n) is 9.15. The molecule has 2 aromatic rings. The number of pyridine rings is 1. The predicted octanol–water partition coefficient (Wildman–Crippen LogP) is 3.28. The molecule has 16 heavy (non-hydrogen) atoms. The second-order valence-corrected chi connectivity index (χ2v) is 4.93. The van der Waals surface area contributed by atoms with E-state index in [1.54, 1.807) is 0 Å². The third-order valence-electron chi connectivity index (χ3n) is 3.22. The molecule has 0 radical (unpaired) electrons. The zero-order valence-corrected chi connectivity index (χ0v) is 9.96. The molecule has 4 heteroatoms. The van der Waals surface area contributed by atoms with Gasteiger partial charge in [0.1, 0.15) is 0 Å². The van der Waals surface area contributed by atoms with Crippen LogP contribution in [-0.2, 0) is 6.54 Å². The molecule has 1 aliphatic carbocycles. The van der Waals surface area contributed by atoms with Crippen molar-refractivity contribution in [3.8, 4) is 0 Å². The Morgan fingerprint density at radius 1 is 1.50 bits per heavy atom. The summed E-state index contributed by atoms with van der Waals surface area (Å²) in [4.78, 5) is 7.58. The summed E-state index contributed by atoms with van der Waals surface area (Å²) in [6, 6.07) is 3.96. The lowest BCUT2D eigenvalue weighted by molar-refractivity contribution is 0.580. The Labute approximate surface area is 99.5 Å². The van der Waals surface area contributed by atoms with Gasteiger partial charge in [0, 0.05) is 12.7 Å². The monoisotopic (exact) mass is 233 g/mol. The summed E-state index contributed by atoms with van der Waals surface area (Å²) in [5.74, 6) is 0.993. The van der Waals surface area contributed by atoms with Gasteiger partial charge in [-0.15, -0.1) is 0 Å². The highest BCUT2D eigenvalue weighted by molar-refractivity contribution is 7.71. The predicted molar refractivity (Wildman–Crippen MR) is 66.9 cm³/mol. The molecule has 0 atom stereocenters. The van der Waals surface area contributed by atoms with Crippen LogP contribution in [0.25, 0.3) is 11.2 Å². The summed E-state index contributed by atoms with van der Waals surface area (Å²) in [6.07, 6.45) is 7.22. The van der Waals surface area contributed by atoms with Gasteiger partial charge in [0.2, 0.25) is 0 Å². The van der Waals surface area contributed by atoms with Gasteiger partial charge >= 0.3 is 0 Å². The maximum atomic E-state index is 5.32. The molecule has 0 aromatic carbocycles. The molecule has 0 aliphatic heterocycles. The normalized spacial score (nSPS) is 15.8. The lowest BCUT2D eigenvalue weighted by Gasteiger charge is -2.02. The van der Waals surface area contributed by atoms with Gasteiger partial charge in [0.15, 0.2) is 10.4 Å². The van der Waals surface area contributed by atoms with Gasteiger partial charge in [-0.05, 0) is 43.1 Å². The van der Waals surface area contributed by atoms with Gasteiger partial charge in [0.05, 0.1) is 5.52 Å². The van der Waals surface area contributed by atoms with E-state index in [2.05, 4.69) is 14.5 Å². The SMILES string of the molecule is S=c1[nH]c2cccnc2n1CCCC1CC1. The number of aryl methyl sites for hydroxylation is 1. The summed E-state index contributed by atoms with van der Waals surface area (Å²) in [5.41, 5.74) is 2.03. The molecule has 1 fully saturated rings. The third-order valence-corrected chi connectivity index (χ3v) is 3.54. The number of aromatic amines is 1. The molecule has 1 N–H and O–H groups in total. The van der Waals surface area contributed by atoms with E-state index in [1.165, 1.54) is 25.7 Å². The molecular formula is C12H15N3S. The molecule has 0 unspecified atom stereocenters. The fourth-order valence-electron chi connectivity index (χ4n) is 2.14. The minimum atomic E-state index is 0.796. The van der Waals surface area contributed by atoms with Crippen LogP contribution >= 0.6 is 12.2 Å². The molecule has 2 aromatic heterocycles. The van der Waals surface area contributed by atoms with E-state index in [1.807, 2.05) is 18.3 Å². The highest BCUT2D eigenvalue weighted by Crippen LogP contribution is 2.33. The van der Waals surface area contributed by atoms with Crippen LogP contribution in [0.3, 0.4) is 0 Å². The topological polar surface area (TPSA) is 33.6 Å². The first-order chi connectivity index (χ1) is 7.84. The minimum Gasteiger partial charge on any atom is -0.329 e. The zero-order chi connectivity index (χ0) is 11.0. The number of hydrogen-bond donors (Lipinski definition) is 1. The highest BCUT2D eigenvalue weighted by Gasteiger charge is 2.20. The Hall–Kier alpha value is -1.16. The van der Waals surface area contributed by atoms with Crippen molar-refractivity contribution in [2.75, 3.05) is 0 Å². The largest absolute Gasteiger partial charge is 0.329 e. The van der Waals surface area contributed by atoms with Crippen molar-refractivity contribution in [2.45, 2.75) is 32.2 Å². The number of fused-ring (bicyclic) bond motifs is 1. The molecule has 0 amide bonds.